The minimum absolute atomic E-state index is 0.0789. The lowest BCUT2D eigenvalue weighted by molar-refractivity contribution is -0.127. The van der Waals surface area contributed by atoms with Crippen molar-refractivity contribution in [3.8, 4) is 0 Å². The summed E-state index contributed by atoms with van der Waals surface area (Å²) >= 11 is 0. The first kappa shape index (κ1) is 14.4. The van der Waals surface area contributed by atoms with Crippen molar-refractivity contribution in [3.63, 3.8) is 0 Å². The summed E-state index contributed by atoms with van der Waals surface area (Å²) in [6.45, 7) is 6.76. The molecule has 0 aliphatic carbocycles. The summed E-state index contributed by atoms with van der Waals surface area (Å²) in [5.41, 5.74) is 8.94. The molecule has 1 aromatic rings. The number of amides is 2. The van der Waals surface area contributed by atoms with Gasteiger partial charge in [0.2, 0.25) is 5.91 Å². The van der Waals surface area contributed by atoms with E-state index in [1.165, 1.54) is 0 Å². The molecule has 1 aromatic carbocycles. The van der Waals surface area contributed by atoms with E-state index >= 15 is 0 Å². The molecule has 0 spiro atoms. The Bertz CT molecular complexity index is 554. The average molecular weight is 275 g/mol. The average Bonchev–Trinajstić information content (AvgIpc) is 2.41. The van der Waals surface area contributed by atoms with E-state index in [2.05, 4.69) is 5.32 Å². The Morgan fingerprint density at radius 2 is 2.10 bits per heavy atom. The summed E-state index contributed by atoms with van der Waals surface area (Å²) in [4.78, 5) is 26.2. The quantitative estimate of drug-likeness (QED) is 0.797. The molecule has 2 amide bonds. The van der Waals surface area contributed by atoms with Crippen LogP contribution < -0.4 is 11.1 Å². The van der Waals surface area contributed by atoms with Gasteiger partial charge in [0.25, 0.3) is 5.91 Å². The second-order valence-electron chi connectivity index (χ2n) is 5.24. The van der Waals surface area contributed by atoms with E-state index in [9.17, 15) is 9.59 Å². The lowest BCUT2D eigenvalue weighted by Gasteiger charge is -2.35. The van der Waals surface area contributed by atoms with Gasteiger partial charge in [0.1, 0.15) is 6.04 Å². The van der Waals surface area contributed by atoms with Crippen molar-refractivity contribution in [3.05, 3.63) is 28.8 Å². The second-order valence-corrected chi connectivity index (χ2v) is 5.24. The third kappa shape index (κ3) is 2.48. The van der Waals surface area contributed by atoms with Crippen LogP contribution in [0.4, 0.5) is 5.69 Å². The maximum absolute atomic E-state index is 12.7. The van der Waals surface area contributed by atoms with Crippen LogP contribution in [-0.2, 0) is 4.79 Å². The second kappa shape index (κ2) is 5.53. The zero-order valence-corrected chi connectivity index (χ0v) is 12.2. The maximum atomic E-state index is 12.7. The predicted molar refractivity (Wildman–Crippen MR) is 78.5 cm³/mol. The molecular weight excluding hydrogens is 254 g/mol. The summed E-state index contributed by atoms with van der Waals surface area (Å²) in [5.74, 6) is -0.194. The van der Waals surface area contributed by atoms with Gasteiger partial charge in [-0.15, -0.1) is 0 Å². The Balaban J connectivity index is 2.35. The fourth-order valence-electron chi connectivity index (χ4n) is 2.62. The predicted octanol–water partition coefficient (Wildman–Crippen LogP) is 1.24. The number of nitrogens with zero attached hydrogens (tertiary/aromatic N) is 1. The molecule has 1 unspecified atom stereocenters. The van der Waals surface area contributed by atoms with E-state index in [4.69, 9.17) is 5.73 Å². The van der Waals surface area contributed by atoms with Crippen molar-refractivity contribution < 1.29 is 9.59 Å². The van der Waals surface area contributed by atoms with Crippen molar-refractivity contribution >= 4 is 17.5 Å². The van der Waals surface area contributed by atoms with Gasteiger partial charge in [-0.25, -0.2) is 0 Å². The zero-order valence-electron chi connectivity index (χ0n) is 12.2. The van der Waals surface area contributed by atoms with Crippen LogP contribution in [-0.4, -0.2) is 35.8 Å². The number of nitrogens with one attached hydrogen (secondary N) is 1. The molecule has 1 aliphatic rings. The van der Waals surface area contributed by atoms with E-state index in [1.54, 1.807) is 11.0 Å². The van der Waals surface area contributed by atoms with Crippen molar-refractivity contribution in [2.24, 2.45) is 0 Å². The molecular formula is C15H21N3O2. The number of benzene rings is 1. The van der Waals surface area contributed by atoms with Gasteiger partial charge >= 0.3 is 0 Å². The van der Waals surface area contributed by atoms with Crippen LogP contribution in [0, 0.1) is 13.8 Å². The first-order valence-corrected chi connectivity index (χ1v) is 6.91. The molecule has 0 bridgehead atoms. The van der Waals surface area contributed by atoms with Crippen LogP contribution in [0.2, 0.25) is 0 Å². The zero-order chi connectivity index (χ0) is 14.9. The SMILES string of the molecule is CCC1C(=O)NCCN1C(=O)c1cc(N)c(C)cc1C. The first-order chi connectivity index (χ1) is 9.45. The van der Waals surface area contributed by atoms with Crippen molar-refractivity contribution in [1.29, 1.82) is 0 Å². The standard InChI is InChI=1S/C15H21N3O2/c1-4-13-14(19)17-5-6-18(13)15(20)11-8-12(16)10(3)7-9(11)2/h7-8,13H,4-6,16H2,1-3H3,(H,17,19). The van der Waals surface area contributed by atoms with E-state index in [0.717, 1.165) is 11.1 Å². The summed E-state index contributed by atoms with van der Waals surface area (Å²) in [6.07, 6.45) is 0.609. The van der Waals surface area contributed by atoms with Gasteiger partial charge in [0, 0.05) is 24.3 Å². The van der Waals surface area contributed by atoms with Gasteiger partial charge in [-0.05, 0) is 37.5 Å². The third-order valence-electron chi connectivity index (χ3n) is 3.82. The molecule has 5 heteroatoms. The highest BCUT2D eigenvalue weighted by atomic mass is 16.2. The summed E-state index contributed by atoms with van der Waals surface area (Å²) in [6, 6.07) is 3.23. The molecule has 1 saturated heterocycles. The number of rotatable bonds is 2. The number of piperazine rings is 1. The molecule has 1 aliphatic heterocycles. The number of anilines is 1. The summed E-state index contributed by atoms with van der Waals surface area (Å²) in [7, 11) is 0. The normalized spacial score (nSPS) is 18.9. The fourth-order valence-corrected chi connectivity index (χ4v) is 2.62. The highest BCUT2D eigenvalue weighted by Gasteiger charge is 2.32. The highest BCUT2D eigenvalue weighted by molar-refractivity contribution is 6.00. The van der Waals surface area contributed by atoms with Crippen molar-refractivity contribution in [2.45, 2.75) is 33.2 Å². The van der Waals surface area contributed by atoms with Crippen LogP contribution in [0.15, 0.2) is 12.1 Å². The molecule has 20 heavy (non-hydrogen) atoms. The molecule has 1 atom stereocenters. The molecule has 0 saturated carbocycles. The van der Waals surface area contributed by atoms with Crippen molar-refractivity contribution in [2.75, 3.05) is 18.8 Å². The largest absolute Gasteiger partial charge is 0.398 e. The number of carbonyl (C=O) groups excluding carboxylic acids is 2. The number of carbonyl (C=O) groups is 2. The smallest absolute Gasteiger partial charge is 0.254 e. The third-order valence-corrected chi connectivity index (χ3v) is 3.82. The lowest BCUT2D eigenvalue weighted by atomic mass is 10.0. The maximum Gasteiger partial charge on any atom is 0.254 e. The van der Waals surface area contributed by atoms with Gasteiger partial charge in [-0.3, -0.25) is 9.59 Å². The Kier molecular flexibility index (Phi) is 3.97. The highest BCUT2D eigenvalue weighted by Crippen LogP contribution is 2.21. The van der Waals surface area contributed by atoms with Crippen molar-refractivity contribution in [1.82, 2.24) is 10.2 Å². The molecule has 5 nitrogen and oxygen atoms in total. The van der Waals surface area contributed by atoms with E-state index in [0.29, 0.717) is 30.8 Å². The van der Waals surface area contributed by atoms with Gasteiger partial charge < -0.3 is 16.0 Å². The van der Waals surface area contributed by atoms with Crippen LogP contribution in [0.3, 0.4) is 0 Å². The molecule has 3 N–H and O–H groups in total. The summed E-state index contributed by atoms with van der Waals surface area (Å²) < 4.78 is 0. The topological polar surface area (TPSA) is 75.4 Å². The number of hydrogen-bond acceptors (Lipinski definition) is 3. The van der Waals surface area contributed by atoms with Crippen LogP contribution in [0.25, 0.3) is 0 Å². The molecule has 0 radical (unpaired) electrons. The minimum atomic E-state index is -0.391. The Hall–Kier alpha value is -2.04. The molecule has 2 rings (SSSR count). The van der Waals surface area contributed by atoms with Gasteiger partial charge in [0.15, 0.2) is 0 Å². The Morgan fingerprint density at radius 1 is 1.40 bits per heavy atom. The summed E-state index contributed by atoms with van der Waals surface area (Å²) in [5, 5.41) is 2.80. The van der Waals surface area contributed by atoms with Gasteiger partial charge in [0.05, 0.1) is 0 Å². The molecule has 1 fully saturated rings. The number of nitrogens with two attached hydrogens (primary N) is 1. The number of hydrogen-bond donors (Lipinski definition) is 2. The Labute approximate surface area is 119 Å². The minimum Gasteiger partial charge on any atom is -0.398 e. The van der Waals surface area contributed by atoms with Crippen LogP contribution >= 0.6 is 0 Å². The number of nitrogen functional groups attached to an aromatic ring is 1. The molecule has 0 aromatic heterocycles. The molecule has 108 valence electrons. The monoisotopic (exact) mass is 275 g/mol. The van der Waals surface area contributed by atoms with Gasteiger partial charge in [-0.2, -0.15) is 0 Å². The van der Waals surface area contributed by atoms with E-state index < -0.39 is 6.04 Å². The Morgan fingerprint density at radius 3 is 2.75 bits per heavy atom. The van der Waals surface area contributed by atoms with Gasteiger partial charge in [-0.1, -0.05) is 13.0 Å². The van der Waals surface area contributed by atoms with E-state index in [1.807, 2.05) is 26.8 Å². The first-order valence-electron chi connectivity index (χ1n) is 6.91. The van der Waals surface area contributed by atoms with E-state index in [-0.39, 0.29) is 11.8 Å². The lowest BCUT2D eigenvalue weighted by Crippen LogP contribution is -2.57. The fraction of sp³-hybridized carbons (Fsp3) is 0.467. The number of aryl methyl sites for hydroxylation is 2. The van der Waals surface area contributed by atoms with Crippen LogP contribution in [0.5, 0.6) is 0 Å². The van der Waals surface area contributed by atoms with Crippen LogP contribution in [0.1, 0.15) is 34.8 Å². The molecule has 1 heterocycles.